The molecule has 3 N–H and O–H groups in total. The van der Waals surface area contributed by atoms with Gasteiger partial charge >= 0.3 is 12.0 Å². The van der Waals surface area contributed by atoms with Crippen LogP contribution in [0, 0.1) is 5.92 Å². The van der Waals surface area contributed by atoms with Crippen molar-refractivity contribution >= 4 is 34.6 Å². The number of phenolic OH excluding ortho intramolecular Hbond substituents is 1. The number of benzene rings is 2. The molecule has 4 amide bonds. The molecule has 0 radical (unpaired) electrons. The van der Waals surface area contributed by atoms with Gasteiger partial charge in [0, 0.05) is 5.39 Å². The molecule has 4 rings (SSSR count). The second-order valence-electron chi connectivity index (χ2n) is 8.13. The summed E-state index contributed by atoms with van der Waals surface area (Å²) in [6.07, 6.45) is 2.64. The molecule has 1 spiro atoms. The van der Waals surface area contributed by atoms with E-state index in [4.69, 9.17) is 4.74 Å². The largest absolute Gasteiger partial charge is 0.506 e. The zero-order valence-electron chi connectivity index (χ0n) is 17.0. The number of phenols is 1. The predicted octanol–water partition coefficient (Wildman–Crippen LogP) is 2.23. The van der Waals surface area contributed by atoms with Gasteiger partial charge in [0.1, 0.15) is 16.9 Å². The van der Waals surface area contributed by atoms with E-state index in [0.29, 0.717) is 29.2 Å². The van der Waals surface area contributed by atoms with E-state index in [1.165, 1.54) is 6.07 Å². The number of amides is 4. The Morgan fingerprint density at radius 1 is 1.19 bits per heavy atom. The number of esters is 1. The van der Waals surface area contributed by atoms with E-state index in [1.807, 2.05) is 0 Å². The van der Waals surface area contributed by atoms with Crippen LogP contribution in [0.15, 0.2) is 36.4 Å². The van der Waals surface area contributed by atoms with Crippen molar-refractivity contribution in [3.8, 4) is 5.75 Å². The number of urea groups is 1. The number of carbonyl (C=O) groups is 4. The molecule has 2 aromatic carbocycles. The molecule has 0 unspecified atom stereocenters. The Morgan fingerprint density at radius 3 is 2.65 bits per heavy atom. The number of aromatic hydroxyl groups is 1. The molecule has 162 valence electrons. The Bertz CT molecular complexity index is 1070. The molecular formula is C22H23N3O6. The van der Waals surface area contributed by atoms with Crippen molar-refractivity contribution in [1.29, 1.82) is 0 Å². The van der Waals surface area contributed by atoms with Gasteiger partial charge in [-0.05, 0) is 43.1 Å². The lowest BCUT2D eigenvalue weighted by atomic mass is 9.77. The number of hydrogen-bond acceptors (Lipinski definition) is 6. The van der Waals surface area contributed by atoms with Gasteiger partial charge in [-0.1, -0.05) is 37.3 Å². The molecule has 0 bridgehead atoms. The molecule has 9 heteroatoms. The van der Waals surface area contributed by atoms with Crippen molar-refractivity contribution in [1.82, 2.24) is 15.8 Å². The number of imide groups is 1. The summed E-state index contributed by atoms with van der Waals surface area (Å²) < 4.78 is 4.97. The SMILES string of the molecule is CC1CCC2(CC1)NC(=O)N(NC(=O)COC(=O)c1ccc3ccccc3c1O)C2=O. The second kappa shape index (κ2) is 7.90. The van der Waals surface area contributed by atoms with Crippen molar-refractivity contribution in [3.63, 3.8) is 0 Å². The Kier molecular flexibility index (Phi) is 5.26. The highest BCUT2D eigenvalue weighted by atomic mass is 16.5. The molecule has 2 aliphatic rings. The molecule has 2 aromatic rings. The average molecular weight is 425 g/mol. The Balaban J connectivity index is 1.37. The molecule has 1 aliphatic carbocycles. The van der Waals surface area contributed by atoms with Crippen LogP contribution in [0.3, 0.4) is 0 Å². The Hall–Kier alpha value is -3.62. The fraction of sp³-hybridized carbons (Fsp3) is 0.364. The summed E-state index contributed by atoms with van der Waals surface area (Å²) in [5.41, 5.74) is 1.14. The van der Waals surface area contributed by atoms with Crippen LogP contribution in [-0.2, 0) is 14.3 Å². The van der Waals surface area contributed by atoms with E-state index in [2.05, 4.69) is 17.7 Å². The van der Waals surface area contributed by atoms with Crippen molar-refractivity contribution in [3.05, 3.63) is 42.0 Å². The van der Waals surface area contributed by atoms with Gasteiger partial charge in [0.2, 0.25) is 0 Å². The maximum atomic E-state index is 12.8. The molecule has 31 heavy (non-hydrogen) atoms. The van der Waals surface area contributed by atoms with E-state index >= 15 is 0 Å². The van der Waals surface area contributed by atoms with Crippen molar-refractivity contribution in [2.45, 2.75) is 38.1 Å². The minimum atomic E-state index is -0.982. The van der Waals surface area contributed by atoms with Crippen molar-refractivity contribution < 1.29 is 29.0 Å². The quantitative estimate of drug-likeness (QED) is 0.510. The molecule has 1 heterocycles. The first-order valence-electron chi connectivity index (χ1n) is 10.1. The van der Waals surface area contributed by atoms with Crippen LogP contribution in [-0.4, -0.2) is 46.1 Å². The third-order valence-corrected chi connectivity index (χ3v) is 5.98. The molecule has 2 fully saturated rings. The third kappa shape index (κ3) is 3.78. The molecule has 1 saturated heterocycles. The highest BCUT2D eigenvalue weighted by Crippen LogP contribution is 2.35. The summed E-state index contributed by atoms with van der Waals surface area (Å²) in [4.78, 5) is 49.5. The topological polar surface area (TPSA) is 125 Å². The maximum Gasteiger partial charge on any atom is 0.344 e. The smallest absolute Gasteiger partial charge is 0.344 e. The fourth-order valence-corrected chi connectivity index (χ4v) is 4.10. The fourth-order valence-electron chi connectivity index (χ4n) is 4.10. The number of hydrogen-bond donors (Lipinski definition) is 3. The summed E-state index contributed by atoms with van der Waals surface area (Å²) in [5.74, 6) is -2.00. The number of fused-ring (bicyclic) bond motifs is 1. The number of carbonyl (C=O) groups excluding carboxylic acids is 4. The van der Waals surface area contributed by atoms with E-state index in [-0.39, 0.29) is 11.3 Å². The van der Waals surface area contributed by atoms with E-state index in [9.17, 15) is 24.3 Å². The van der Waals surface area contributed by atoms with Crippen molar-refractivity contribution in [2.24, 2.45) is 5.92 Å². The first-order valence-corrected chi connectivity index (χ1v) is 10.1. The van der Waals surface area contributed by atoms with E-state index < -0.39 is 36.0 Å². The predicted molar refractivity (Wildman–Crippen MR) is 110 cm³/mol. The first kappa shape index (κ1) is 20.6. The summed E-state index contributed by atoms with van der Waals surface area (Å²) in [6, 6.07) is 9.34. The van der Waals surface area contributed by atoms with Gasteiger partial charge in [0.05, 0.1) is 0 Å². The van der Waals surface area contributed by atoms with Crippen LogP contribution in [0.5, 0.6) is 5.75 Å². The monoisotopic (exact) mass is 425 g/mol. The van der Waals surface area contributed by atoms with Gasteiger partial charge < -0.3 is 15.2 Å². The number of nitrogens with zero attached hydrogens (tertiary/aromatic N) is 1. The molecule has 0 aromatic heterocycles. The zero-order valence-corrected chi connectivity index (χ0v) is 17.0. The number of ether oxygens (including phenoxy) is 1. The standard InChI is InChI=1S/C22H23N3O6/c1-13-8-10-22(11-9-13)20(29)25(21(30)23-22)24-17(26)12-31-19(28)16-7-6-14-4-2-3-5-15(14)18(16)27/h2-7,13,27H,8-12H2,1H3,(H,23,30)(H,24,26). The van der Waals surface area contributed by atoms with Crippen LogP contribution in [0.2, 0.25) is 0 Å². The molecule has 1 saturated carbocycles. The summed E-state index contributed by atoms with van der Waals surface area (Å²) in [5, 5.41) is 14.9. The first-order chi connectivity index (χ1) is 14.8. The second-order valence-corrected chi connectivity index (χ2v) is 8.13. The highest BCUT2D eigenvalue weighted by Gasteiger charge is 2.52. The van der Waals surface area contributed by atoms with E-state index in [0.717, 1.165) is 18.2 Å². The minimum absolute atomic E-state index is 0.0863. The Morgan fingerprint density at radius 2 is 1.90 bits per heavy atom. The highest BCUT2D eigenvalue weighted by molar-refractivity contribution is 6.08. The number of nitrogens with one attached hydrogen (secondary N) is 2. The van der Waals surface area contributed by atoms with Gasteiger partial charge in [0.15, 0.2) is 6.61 Å². The average Bonchev–Trinajstić information content (AvgIpc) is 2.99. The third-order valence-electron chi connectivity index (χ3n) is 5.98. The molecule has 9 nitrogen and oxygen atoms in total. The number of hydrazine groups is 1. The molecular weight excluding hydrogens is 402 g/mol. The van der Waals surface area contributed by atoms with Gasteiger partial charge in [-0.2, -0.15) is 5.01 Å². The van der Waals surface area contributed by atoms with Crippen LogP contribution in [0.25, 0.3) is 10.8 Å². The number of rotatable bonds is 4. The Labute approximate surface area is 178 Å². The van der Waals surface area contributed by atoms with Crippen LogP contribution in [0.1, 0.15) is 43.0 Å². The van der Waals surface area contributed by atoms with Crippen LogP contribution in [0.4, 0.5) is 4.79 Å². The molecule has 1 aliphatic heterocycles. The van der Waals surface area contributed by atoms with E-state index in [1.54, 1.807) is 30.3 Å². The zero-order chi connectivity index (χ0) is 22.2. The lowest BCUT2D eigenvalue weighted by molar-refractivity contribution is -0.141. The summed E-state index contributed by atoms with van der Waals surface area (Å²) >= 11 is 0. The van der Waals surface area contributed by atoms with Gasteiger partial charge in [-0.15, -0.1) is 0 Å². The van der Waals surface area contributed by atoms with Gasteiger partial charge in [-0.3, -0.25) is 15.0 Å². The van der Waals surface area contributed by atoms with Crippen LogP contribution < -0.4 is 10.7 Å². The maximum absolute atomic E-state index is 12.8. The summed E-state index contributed by atoms with van der Waals surface area (Å²) in [7, 11) is 0. The molecule has 0 atom stereocenters. The van der Waals surface area contributed by atoms with Crippen LogP contribution >= 0.6 is 0 Å². The van der Waals surface area contributed by atoms with Gasteiger partial charge in [-0.25, -0.2) is 9.59 Å². The van der Waals surface area contributed by atoms with Gasteiger partial charge in [0.25, 0.3) is 11.8 Å². The lowest BCUT2D eigenvalue weighted by Crippen LogP contribution is -2.52. The summed E-state index contributed by atoms with van der Waals surface area (Å²) in [6.45, 7) is 1.38. The minimum Gasteiger partial charge on any atom is -0.506 e. The lowest BCUT2D eigenvalue weighted by Gasteiger charge is -2.33. The normalized spacial score (nSPS) is 23.1. The van der Waals surface area contributed by atoms with Crippen molar-refractivity contribution in [2.75, 3.05) is 6.61 Å².